The van der Waals surface area contributed by atoms with Crippen molar-refractivity contribution in [3.8, 4) is 9.88 Å². The molecule has 2 heterocycles. The second kappa shape index (κ2) is 6.23. The molecular formula is C12H17N3S2. The Kier molecular flexibility index (Phi) is 4.65. The predicted octanol–water partition coefficient (Wildman–Crippen LogP) is 3.12. The zero-order valence-corrected chi connectivity index (χ0v) is 11.8. The van der Waals surface area contributed by atoms with Gasteiger partial charge in [-0.3, -0.25) is 0 Å². The van der Waals surface area contributed by atoms with Crippen molar-refractivity contribution in [2.45, 2.75) is 26.7 Å². The normalized spacial score (nSPS) is 10.9. The van der Waals surface area contributed by atoms with Gasteiger partial charge < -0.3 is 5.32 Å². The monoisotopic (exact) mass is 267 g/mol. The third-order valence-corrected chi connectivity index (χ3v) is 4.51. The summed E-state index contributed by atoms with van der Waals surface area (Å²) in [5.74, 6) is 0. The molecule has 17 heavy (non-hydrogen) atoms. The molecule has 0 aromatic carbocycles. The molecule has 0 spiro atoms. The zero-order valence-electron chi connectivity index (χ0n) is 10.2. The van der Waals surface area contributed by atoms with Crippen molar-refractivity contribution < 1.29 is 0 Å². The smallest absolute Gasteiger partial charge is 0.157 e. The fraction of sp³-hybridized carbons (Fsp3) is 0.500. The van der Waals surface area contributed by atoms with Crippen LogP contribution in [0.3, 0.4) is 0 Å². The Bertz CT molecular complexity index is 462. The number of hydrogen-bond acceptors (Lipinski definition) is 5. The zero-order chi connectivity index (χ0) is 12.1. The summed E-state index contributed by atoms with van der Waals surface area (Å²) in [7, 11) is 0. The van der Waals surface area contributed by atoms with Crippen LogP contribution >= 0.6 is 22.7 Å². The van der Waals surface area contributed by atoms with Crippen LogP contribution in [0.25, 0.3) is 9.88 Å². The molecule has 3 nitrogen and oxygen atoms in total. The first-order valence-corrected chi connectivity index (χ1v) is 7.53. The highest BCUT2D eigenvalue weighted by Crippen LogP contribution is 2.29. The lowest BCUT2D eigenvalue weighted by atomic mass is 10.4. The molecule has 0 bridgehead atoms. The molecule has 0 amide bonds. The van der Waals surface area contributed by atoms with E-state index in [0.29, 0.717) is 0 Å². The predicted molar refractivity (Wildman–Crippen MR) is 74.8 cm³/mol. The first-order chi connectivity index (χ1) is 8.29. The molecule has 0 aliphatic rings. The molecule has 0 saturated carbocycles. The van der Waals surface area contributed by atoms with Crippen LogP contribution in [-0.2, 0) is 6.42 Å². The average molecular weight is 267 g/mol. The fourth-order valence-electron chi connectivity index (χ4n) is 1.50. The van der Waals surface area contributed by atoms with E-state index in [-0.39, 0.29) is 0 Å². The topological polar surface area (TPSA) is 37.8 Å². The van der Waals surface area contributed by atoms with E-state index in [0.717, 1.165) is 29.5 Å². The van der Waals surface area contributed by atoms with E-state index < -0.39 is 0 Å². The highest BCUT2D eigenvalue weighted by Gasteiger charge is 2.07. The van der Waals surface area contributed by atoms with E-state index in [4.69, 9.17) is 0 Å². The Morgan fingerprint density at radius 2 is 2.06 bits per heavy atom. The quantitative estimate of drug-likeness (QED) is 0.817. The van der Waals surface area contributed by atoms with Gasteiger partial charge in [-0.2, -0.15) is 0 Å². The number of thiophene rings is 1. The minimum absolute atomic E-state index is 0.974. The van der Waals surface area contributed by atoms with E-state index in [2.05, 4.69) is 41.5 Å². The Labute approximate surface area is 110 Å². The van der Waals surface area contributed by atoms with Crippen LogP contribution in [0, 0.1) is 6.92 Å². The molecule has 2 aromatic heterocycles. The lowest BCUT2D eigenvalue weighted by Crippen LogP contribution is -2.17. The molecule has 0 unspecified atom stereocenters. The lowest BCUT2D eigenvalue weighted by Gasteiger charge is -1.98. The molecule has 1 N–H and O–H groups in total. The maximum atomic E-state index is 4.25. The van der Waals surface area contributed by atoms with Crippen LogP contribution in [0.15, 0.2) is 12.1 Å². The standard InChI is InChI=1S/C12H17N3S2/c1-3-7-13-8-6-11-14-15-12(17-11)10-5-4-9(2)16-10/h4-5,13H,3,6-8H2,1-2H3. The Morgan fingerprint density at radius 3 is 2.76 bits per heavy atom. The van der Waals surface area contributed by atoms with Crippen LogP contribution in [0.1, 0.15) is 23.2 Å². The average Bonchev–Trinajstić information content (AvgIpc) is 2.93. The van der Waals surface area contributed by atoms with Gasteiger partial charge in [0.15, 0.2) is 5.01 Å². The molecule has 2 rings (SSSR count). The number of nitrogens with one attached hydrogen (secondary N) is 1. The Hall–Kier alpha value is -0.780. The Morgan fingerprint density at radius 1 is 1.18 bits per heavy atom. The van der Waals surface area contributed by atoms with Crippen molar-refractivity contribution in [2.75, 3.05) is 13.1 Å². The molecule has 2 aromatic rings. The van der Waals surface area contributed by atoms with Crippen molar-refractivity contribution in [3.63, 3.8) is 0 Å². The highest BCUT2D eigenvalue weighted by molar-refractivity contribution is 7.21. The second-order valence-corrected chi connectivity index (χ2v) is 6.26. The first-order valence-electron chi connectivity index (χ1n) is 5.89. The van der Waals surface area contributed by atoms with Gasteiger partial charge >= 0.3 is 0 Å². The van der Waals surface area contributed by atoms with Crippen molar-refractivity contribution >= 4 is 22.7 Å². The van der Waals surface area contributed by atoms with Crippen molar-refractivity contribution in [1.29, 1.82) is 0 Å². The number of rotatable bonds is 6. The summed E-state index contributed by atoms with van der Waals surface area (Å²) < 4.78 is 0. The molecule has 0 aliphatic heterocycles. The van der Waals surface area contributed by atoms with Gasteiger partial charge in [0.1, 0.15) is 5.01 Å². The molecule has 92 valence electrons. The SMILES string of the molecule is CCCNCCc1nnc(-c2ccc(C)s2)s1. The van der Waals surface area contributed by atoms with Gasteiger partial charge in [0.25, 0.3) is 0 Å². The maximum Gasteiger partial charge on any atom is 0.157 e. The second-order valence-electron chi connectivity index (χ2n) is 3.91. The molecule has 0 aliphatic carbocycles. The number of hydrogen-bond donors (Lipinski definition) is 1. The van der Waals surface area contributed by atoms with E-state index in [9.17, 15) is 0 Å². The molecule has 0 saturated heterocycles. The molecule has 0 radical (unpaired) electrons. The van der Waals surface area contributed by atoms with E-state index in [1.807, 2.05) is 0 Å². The van der Waals surface area contributed by atoms with Gasteiger partial charge in [-0.05, 0) is 32.0 Å². The maximum absolute atomic E-state index is 4.25. The molecule has 5 heteroatoms. The van der Waals surface area contributed by atoms with Crippen LogP contribution in [0.4, 0.5) is 0 Å². The van der Waals surface area contributed by atoms with Crippen LogP contribution in [0.2, 0.25) is 0 Å². The summed E-state index contributed by atoms with van der Waals surface area (Å²) in [4.78, 5) is 2.55. The summed E-state index contributed by atoms with van der Waals surface area (Å²) in [6.45, 7) is 6.36. The van der Waals surface area contributed by atoms with E-state index >= 15 is 0 Å². The van der Waals surface area contributed by atoms with E-state index in [1.54, 1.807) is 22.7 Å². The number of aryl methyl sites for hydroxylation is 1. The highest BCUT2D eigenvalue weighted by atomic mass is 32.1. The fourth-order valence-corrected chi connectivity index (χ4v) is 3.26. The van der Waals surface area contributed by atoms with Gasteiger partial charge in [-0.15, -0.1) is 21.5 Å². The lowest BCUT2D eigenvalue weighted by molar-refractivity contribution is 0.668. The Balaban J connectivity index is 1.92. The van der Waals surface area contributed by atoms with Crippen LogP contribution < -0.4 is 5.32 Å². The van der Waals surface area contributed by atoms with Gasteiger partial charge in [-0.1, -0.05) is 18.3 Å². The minimum atomic E-state index is 0.974. The summed E-state index contributed by atoms with van der Waals surface area (Å²) in [6.07, 6.45) is 2.15. The van der Waals surface area contributed by atoms with Crippen molar-refractivity contribution in [2.24, 2.45) is 0 Å². The number of nitrogens with zero attached hydrogens (tertiary/aromatic N) is 2. The van der Waals surface area contributed by atoms with Crippen molar-refractivity contribution in [1.82, 2.24) is 15.5 Å². The third kappa shape index (κ3) is 3.59. The largest absolute Gasteiger partial charge is 0.316 e. The number of aromatic nitrogens is 2. The van der Waals surface area contributed by atoms with Crippen LogP contribution in [-0.4, -0.2) is 23.3 Å². The van der Waals surface area contributed by atoms with Gasteiger partial charge in [0.2, 0.25) is 0 Å². The third-order valence-electron chi connectivity index (χ3n) is 2.36. The van der Waals surface area contributed by atoms with Gasteiger partial charge in [0.05, 0.1) is 4.88 Å². The minimum Gasteiger partial charge on any atom is -0.316 e. The van der Waals surface area contributed by atoms with Gasteiger partial charge in [-0.25, -0.2) is 0 Å². The van der Waals surface area contributed by atoms with Gasteiger partial charge in [0, 0.05) is 17.8 Å². The van der Waals surface area contributed by atoms with Crippen LogP contribution in [0.5, 0.6) is 0 Å². The van der Waals surface area contributed by atoms with Crippen molar-refractivity contribution in [3.05, 3.63) is 22.0 Å². The molecule has 0 atom stereocenters. The summed E-state index contributed by atoms with van der Waals surface area (Å²) in [5.41, 5.74) is 0. The summed E-state index contributed by atoms with van der Waals surface area (Å²) in [6, 6.07) is 4.25. The molecular weight excluding hydrogens is 250 g/mol. The first kappa shape index (κ1) is 12.7. The summed E-state index contributed by atoms with van der Waals surface area (Å²) >= 11 is 3.48. The summed E-state index contributed by atoms with van der Waals surface area (Å²) in [5, 5.41) is 14.0. The molecule has 0 fully saturated rings. The van der Waals surface area contributed by atoms with E-state index in [1.165, 1.54) is 16.2 Å².